The summed E-state index contributed by atoms with van der Waals surface area (Å²) in [5.74, 6) is 0. The summed E-state index contributed by atoms with van der Waals surface area (Å²) in [6.45, 7) is 0. The van der Waals surface area contributed by atoms with E-state index < -0.39 is 10.0 Å². The van der Waals surface area contributed by atoms with E-state index in [4.69, 9.17) is 0 Å². The van der Waals surface area contributed by atoms with Gasteiger partial charge in [0, 0.05) is 12.2 Å². The maximum Gasteiger partial charge on any atom is 0.258 e. The standard InChI is InChI=1S/C10H12N4O2S/c15-17(16,14-7-3-1-4-7)10-8-5-2-6-11-9(8)12-13-10/h2,5-7,14H,1,3-4H2,(H,11,12,13). The van der Waals surface area contributed by atoms with Crippen molar-refractivity contribution in [2.45, 2.75) is 30.3 Å². The third-order valence-corrected chi connectivity index (χ3v) is 4.48. The van der Waals surface area contributed by atoms with Crippen molar-refractivity contribution < 1.29 is 8.42 Å². The molecule has 3 rings (SSSR count). The van der Waals surface area contributed by atoms with Gasteiger partial charge in [-0.05, 0) is 25.0 Å². The Balaban J connectivity index is 2.02. The van der Waals surface area contributed by atoms with Crippen molar-refractivity contribution in [2.75, 3.05) is 0 Å². The highest BCUT2D eigenvalue weighted by atomic mass is 32.2. The summed E-state index contributed by atoms with van der Waals surface area (Å²) in [6.07, 6.45) is 4.48. The fourth-order valence-electron chi connectivity index (χ4n) is 1.84. The van der Waals surface area contributed by atoms with Crippen LogP contribution in [0.3, 0.4) is 0 Å². The Morgan fingerprint density at radius 1 is 1.41 bits per heavy atom. The second-order valence-electron chi connectivity index (χ2n) is 4.18. The van der Waals surface area contributed by atoms with E-state index in [1.54, 1.807) is 18.3 Å². The number of sulfonamides is 1. The minimum absolute atomic E-state index is 0.0648. The molecule has 0 aliphatic heterocycles. The Kier molecular flexibility index (Phi) is 2.37. The van der Waals surface area contributed by atoms with E-state index in [0.717, 1.165) is 19.3 Å². The van der Waals surface area contributed by atoms with E-state index in [-0.39, 0.29) is 11.1 Å². The SMILES string of the molecule is O=S(=O)(NC1CCC1)c1[nH]nc2ncccc12. The number of hydrogen-bond donors (Lipinski definition) is 2. The molecule has 0 radical (unpaired) electrons. The van der Waals surface area contributed by atoms with Crippen LogP contribution in [0.4, 0.5) is 0 Å². The van der Waals surface area contributed by atoms with Crippen LogP contribution in [0, 0.1) is 0 Å². The molecule has 2 aromatic heterocycles. The first-order chi connectivity index (χ1) is 8.17. The molecule has 2 aromatic rings. The van der Waals surface area contributed by atoms with Crippen LogP contribution in [0.2, 0.25) is 0 Å². The van der Waals surface area contributed by atoms with Gasteiger partial charge in [-0.25, -0.2) is 18.1 Å². The van der Waals surface area contributed by atoms with Crippen LogP contribution in [-0.4, -0.2) is 29.6 Å². The van der Waals surface area contributed by atoms with Gasteiger partial charge < -0.3 is 0 Å². The first-order valence-corrected chi connectivity index (χ1v) is 6.96. The average molecular weight is 252 g/mol. The van der Waals surface area contributed by atoms with Gasteiger partial charge in [0.05, 0.1) is 5.39 Å². The first kappa shape index (κ1) is 10.7. The number of fused-ring (bicyclic) bond motifs is 1. The molecule has 0 atom stereocenters. The molecule has 6 nitrogen and oxygen atoms in total. The second-order valence-corrected chi connectivity index (χ2v) is 5.83. The lowest BCUT2D eigenvalue weighted by Crippen LogP contribution is -2.39. The molecule has 0 amide bonds. The number of rotatable bonds is 3. The number of nitrogens with zero attached hydrogens (tertiary/aromatic N) is 2. The number of aromatic nitrogens is 3. The quantitative estimate of drug-likeness (QED) is 0.845. The summed E-state index contributed by atoms with van der Waals surface area (Å²) in [5.41, 5.74) is 0.418. The molecule has 0 aromatic carbocycles. The number of nitrogens with one attached hydrogen (secondary N) is 2. The van der Waals surface area contributed by atoms with Crippen molar-refractivity contribution in [2.24, 2.45) is 0 Å². The molecule has 90 valence electrons. The van der Waals surface area contributed by atoms with Gasteiger partial charge in [-0.2, -0.15) is 5.10 Å². The molecule has 1 aliphatic carbocycles. The van der Waals surface area contributed by atoms with Gasteiger partial charge in [0.2, 0.25) is 0 Å². The number of H-pyrrole nitrogens is 1. The molecular weight excluding hydrogens is 240 g/mol. The average Bonchev–Trinajstić information content (AvgIpc) is 2.68. The molecule has 0 bridgehead atoms. The van der Waals surface area contributed by atoms with Gasteiger partial charge in [-0.1, -0.05) is 6.42 Å². The van der Waals surface area contributed by atoms with Crippen LogP contribution < -0.4 is 4.72 Å². The van der Waals surface area contributed by atoms with Crippen molar-refractivity contribution in [3.8, 4) is 0 Å². The second kappa shape index (κ2) is 3.78. The fraction of sp³-hybridized carbons (Fsp3) is 0.400. The molecule has 0 spiro atoms. The van der Waals surface area contributed by atoms with Gasteiger partial charge in [0.1, 0.15) is 0 Å². The number of pyridine rings is 1. The predicted octanol–water partition coefficient (Wildman–Crippen LogP) is 0.789. The van der Waals surface area contributed by atoms with Crippen LogP contribution >= 0.6 is 0 Å². The monoisotopic (exact) mass is 252 g/mol. The lowest BCUT2D eigenvalue weighted by molar-refractivity contribution is 0.383. The minimum Gasteiger partial charge on any atom is -0.263 e. The third-order valence-electron chi connectivity index (χ3n) is 2.99. The zero-order chi connectivity index (χ0) is 11.9. The molecule has 0 unspecified atom stereocenters. The molecular formula is C10H12N4O2S. The van der Waals surface area contributed by atoms with Crippen LogP contribution in [0.25, 0.3) is 11.0 Å². The van der Waals surface area contributed by atoms with Gasteiger partial charge in [0.15, 0.2) is 10.7 Å². The summed E-state index contributed by atoms with van der Waals surface area (Å²) in [7, 11) is -3.51. The third kappa shape index (κ3) is 1.81. The maximum atomic E-state index is 12.1. The molecule has 1 fully saturated rings. The van der Waals surface area contributed by atoms with E-state index in [1.807, 2.05) is 0 Å². The lowest BCUT2D eigenvalue weighted by Gasteiger charge is -2.25. The molecule has 0 saturated heterocycles. The molecule has 1 aliphatic rings. The van der Waals surface area contributed by atoms with E-state index in [9.17, 15) is 8.42 Å². The number of aromatic amines is 1. The lowest BCUT2D eigenvalue weighted by atomic mass is 9.94. The topological polar surface area (TPSA) is 87.7 Å². The van der Waals surface area contributed by atoms with Crippen LogP contribution in [0.5, 0.6) is 0 Å². The van der Waals surface area contributed by atoms with Crippen molar-refractivity contribution in [3.05, 3.63) is 18.3 Å². The molecule has 2 N–H and O–H groups in total. The molecule has 17 heavy (non-hydrogen) atoms. The van der Waals surface area contributed by atoms with Crippen molar-refractivity contribution in [3.63, 3.8) is 0 Å². The van der Waals surface area contributed by atoms with Crippen LogP contribution in [0.1, 0.15) is 19.3 Å². The molecule has 1 saturated carbocycles. The molecule has 7 heteroatoms. The summed E-state index contributed by atoms with van der Waals surface area (Å²) in [5, 5.41) is 7.06. The summed E-state index contributed by atoms with van der Waals surface area (Å²) < 4.78 is 26.9. The Hall–Kier alpha value is -1.47. The number of hydrogen-bond acceptors (Lipinski definition) is 4. The molecule has 2 heterocycles. The van der Waals surface area contributed by atoms with Gasteiger partial charge in [0.25, 0.3) is 10.0 Å². The predicted molar refractivity (Wildman–Crippen MR) is 61.8 cm³/mol. The van der Waals surface area contributed by atoms with Crippen molar-refractivity contribution in [1.29, 1.82) is 0 Å². The summed E-state index contributed by atoms with van der Waals surface area (Å²) in [6, 6.07) is 3.46. The largest absolute Gasteiger partial charge is 0.263 e. The summed E-state index contributed by atoms with van der Waals surface area (Å²) in [4.78, 5) is 3.99. The highest BCUT2D eigenvalue weighted by Gasteiger charge is 2.27. The minimum atomic E-state index is -3.51. The van der Waals surface area contributed by atoms with Crippen LogP contribution in [0.15, 0.2) is 23.4 Å². The zero-order valence-electron chi connectivity index (χ0n) is 9.05. The van der Waals surface area contributed by atoms with Gasteiger partial charge in [-0.3, -0.25) is 5.10 Å². The Morgan fingerprint density at radius 3 is 2.94 bits per heavy atom. The fourth-order valence-corrected chi connectivity index (χ4v) is 3.24. The van der Waals surface area contributed by atoms with E-state index in [2.05, 4.69) is 19.9 Å². The van der Waals surface area contributed by atoms with Crippen molar-refractivity contribution >= 4 is 21.1 Å². The smallest absolute Gasteiger partial charge is 0.258 e. The van der Waals surface area contributed by atoms with Crippen LogP contribution in [-0.2, 0) is 10.0 Å². The maximum absolute atomic E-state index is 12.1. The van der Waals surface area contributed by atoms with Gasteiger partial charge >= 0.3 is 0 Å². The first-order valence-electron chi connectivity index (χ1n) is 5.48. The highest BCUT2D eigenvalue weighted by molar-refractivity contribution is 7.89. The Labute approximate surface area is 98.5 Å². The van der Waals surface area contributed by atoms with E-state index in [0.29, 0.717) is 11.0 Å². The summed E-state index contributed by atoms with van der Waals surface area (Å²) >= 11 is 0. The Morgan fingerprint density at radius 2 is 2.24 bits per heavy atom. The normalized spacial score (nSPS) is 17.2. The van der Waals surface area contributed by atoms with Crippen molar-refractivity contribution in [1.82, 2.24) is 19.9 Å². The Bertz CT molecular complexity index is 645. The van der Waals surface area contributed by atoms with Gasteiger partial charge in [-0.15, -0.1) is 0 Å². The highest BCUT2D eigenvalue weighted by Crippen LogP contribution is 2.23. The zero-order valence-corrected chi connectivity index (χ0v) is 9.87. The van der Waals surface area contributed by atoms with E-state index in [1.165, 1.54) is 0 Å². The van der Waals surface area contributed by atoms with E-state index >= 15 is 0 Å².